The molecule has 68 valence electrons. The lowest BCUT2D eigenvalue weighted by Gasteiger charge is -2.14. The van der Waals surface area contributed by atoms with E-state index < -0.39 is 12.4 Å². The fourth-order valence-electron chi connectivity index (χ4n) is 1.05. The molecule has 0 spiro atoms. The summed E-state index contributed by atoms with van der Waals surface area (Å²) in [7, 11) is 0. The molecule has 0 radical (unpaired) electrons. The number of hydrogen-bond acceptors (Lipinski definition) is 1. The highest BCUT2D eigenvalue weighted by Gasteiger charge is 2.31. The molecule has 0 aliphatic carbocycles. The van der Waals surface area contributed by atoms with Gasteiger partial charge in [0.1, 0.15) is 0 Å². The Balaban J connectivity index is 3.32. The van der Waals surface area contributed by atoms with E-state index in [1.165, 1.54) is 18.3 Å². The van der Waals surface area contributed by atoms with Gasteiger partial charge < -0.3 is 12.9 Å². The molecule has 0 unspecified atom stereocenters. The summed E-state index contributed by atoms with van der Waals surface area (Å²) in [4.78, 5) is 1.02. The molecule has 0 fully saturated rings. The van der Waals surface area contributed by atoms with Crippen molar-refractivity contribution >= 4 is 39.7 Å². The van der Waals surface area contributed by atoms with Gasteiger partial charge in [-0.2, -0.15) is 0 Å². The van der Waals surface area contributed by atoms with Gasteiger partial charge in [0, 0.05) is 9.35 Å². The van der Waals surface area contributed by atoms with E-state index in [4.69, 9.17) is 0 Å². The van der Waals surface area contributed by atoms with E-state index in [0.29, 0.717) is 9.75 Å². The average Bonchev–Trinajstić information content (AvgIpc) is 2.05. The molecule has 1 rings (SSSR count). The molecule has 0 amide bonds. The Kier molecular flexibility index (Phi) is 2.59. The minimum Gasteiger partial charge on any atom is -0.445 e. The molecule has 0 saturated carbocycles. The summed E-state index contributed by atoms with van der Waals surface area (Å²) >= 11 is 4.11. The van der Waals surface area contributed by atoms with Gasteiger partial charge in [-0.3, -0.25) is 0 Å². The van der Waals surface area contributed by atoms with Crippen molar-refractivity contribution in [1.82, 2.24) is 0 Å². The zero-order valence-electron chi connectivity index (χ0n) is 6.50. The Morgan fingerprint density at radius 1 is 1.17 bits per heavy atom. The Morgan fingerprint density at radius 2 is 1.67 bits per heavy atom. The Bertz CT molecular complexity index is 304. The SMILES string of the molecule is Cc1sc(C)c([B-](F)(F)F)c1Br. The Morgan fingerprint density at radius 3 is 1.83 bits per heavy atom. The molecule has 12 heavy (non-hydrogen) atoms. The Hall–Kier alpha value is 0.0349. The molecule has 0 atom stereocenters. The van der Waals surface area contributed by atoms with Crippen LogP contribution in [0.25, 0.3) is 0 Å². The van der Waals surface area contributed by atoms with Gasteiger partial charge in [-0.05, 0) is 18.7 Å². The van der Waals surface area contributed by atoms with Crippen molar-refractivity contribution in [3.05, 3.63) is 14.2 Å². The minimum atomic E-state index is -4.87. The first-order chi connectivity index (χ1) is 5.34. The van der Waals surface area contributed by atoms with Gasteiger partial charge in [-0.1, -0.05) is 21.4 Å². The van der Waals surface area contributed by atoms with Crippen LogP contribution in [-0.4, -0.2) is 6.98 Å². The molecule has 0 bridgehead atoms. The van der Waals surface area contributed by atoms with E-state index in [-0.39, 0.29) is 4.47 Å². The van der Waals surface area contributed by atoms with E-state index in [9.17, 15) is 12.9 Å². The summed E-state index contributed by atoms with van der Waals surface area (Å²) in [6.45, 7) is -1.70. The summed E-state index contributed by atoms with van der Waals surface area (Å²) in [5.74, 6) is 0. The van der Waals surface area contributed by atoms with Crippen LogP contribution in [0.1, 0.15) is 9.75 Å². The molecule has 6 heteroatoms. The fraction of sp³-hybridized carbons (Fsp3) is 0.333. The minimum absolute atomic E-state index is 0.206. The molecule has 0 aromatic carbocycles. The Labute approximate surface area is 81.0 Å². The normalized spacial score (nSPS) is 12.2. The lowest BCUT2D eigenvalue weighted by atomic mass is 9.80. The zero-order valence-corrected chi connectivity index (χ0v) is 8.90. The maximum absolute atomic E-state index is 12.4. The van der Waals surface area contributed by atoms with Crippen LogP contribution in [0.4, 0.5) is 12.9 Å². The van der Waals surface area contributed by atoms with Crippen molar-refractivity contribution in [2.75, 3.05) is 0 Å². The summed E-state index contributed by atoms with van der Waals surface area (Å²) in [6, 6.07) is 0. The van der Waals surface area contributed by atoms with Crippen LogP contribution in [0.15, 0.2) is 4.47 Å². The molecular formula is C6H6BBrF3S-. The molecular weight excluding hydrogens is 252 g/mol. The number of aryl methyl sites for hydroxylation is 2. The predicted molar refractivity (Wildman–Crippen MR) is 50.2 cm³/mol. The van der Waals surface area contributed by atoms with Crippen LogP contribution >= 0.6 is 27.3 Å². The van der Waals surface area contributed by atoms with Crippen LogP contribution in [0.2, 0.25) is 0 Å². The van der Waals surface area contributed by atoms with Crippen molar-refractivity contribution in [1.29, 1.82) is 0 Å². The van der Waals surface area contributed by atoms with Crippen LogP contribution in [0.5, 0.6) is 0 Å². The molecule has 1 aromatic rings. The standard InChI is InChI=1S/C6H6BBrF3S/c1-3-5(7(9,10)11)6(8)4(2)12-3/h1-2H3/q-1. The van der Waals surface area contributed by atoms with Crippen molar-refractivity contribution in [3.63, 3.8) is 0 Å². The molecule has 1 heterocycles. The molecule has 0 aliphatic heterocycles. The number of hydrogen-bond donors (Lipinski definition) is 0. The van der Waals surface area contributed by atoms with Crippen LogP contribution in [0.3, 0.4) is 0 Å². The van der Waals surface area contributed by atoms with Crippen LogP contribution in [-0.2, 0) is 0 Å². The van der Waals surface area contributed by atoms with Crippen molar-refractivity contribution in [3.8, 4) is 0 Å². The third kappa shape index (κ3) is 1.69. The van der Waals surface area contributed by atoms with E-state index in [0.717, 1.165) is 0 Å². The fourth-order valence-corrected chi connectivity index (χ4v) is 2.98. The lowest BCUT2D eigenvalue weighted by Crippen LogP contribution is -2.35. The number of halogens is 4. The van der Waals surface area contributed by atoms with Crippen molar-refractivity contribution in [2.45, 2.75) is 13.8 Å². The van der Waals surface area contributed by atoms with Gasteiger partial charge in [0.25, 0.3) is 0 Å². The van der Waals surface area contributed by atoms with Crippen molar-refractivity contribution < 1.29 is 12.9 Å². The van der Waals surface area contributed by atoms with Crippen molar-refractivity contribution in [2.24, 2.45) is 0 Å². The zero-order chi connectivity index (χ0) is 9.52. The van der Waals surface area contributed by atoms with E-state index in [1.807, 2.05) is 0 Å². The second-order valence-electron chi connectivity index (χ2n) is 2.52. The van der Waals surface area contributed by atoms with Gasteiger partial charge in [0.2, 0.25) is 0 Å². The van der Waals surface area contributed by atoms with Crippen LogP contribution in [0, 0.1) is 13.8 Å². The van der Waals surface area contributed by atoms with Gasteiger partial charge in [0.15, 0.2) is 0 Å². The number of thiophene rings is 1. The molecule has 0 aliphatic rings. The highest BCUT2D eigenvalue weighted by molar-refractivity contribution is 9.10. The van der Waals surface area contributed by atoms with Gasteiger partial charge in [-0.25, -0.2) is 0 Å². The second kappa shape index (κ2) is 3.07. The second-order valence-corrected chi connectivity index (χ2v) is 4.74. The van der Waals surface area contributed by atoms with Gasteiger partial charge >= 0.3 is 6.98 Å². The van der Waals surface area contributed by atoms with Gasteiger partial charge in [0.05, 0.1) is 0 Å². The smallest absolute Gasteiger partial charge is 0.445 e. The number of rotatable bonds is 1. The average molecular weight is 258 g/mol. The summed E-state index contributed by atoms with van der Waals surface area (Å²) in [6.07, 6.45) is 0. The molecule has 0 N–H and O–H groups in total. The maximum atomic E-state index is 12.4. The quantitative estimate of drug-likeness (QED) is 0.678. The third-order valence-corrected chi connectivity index (χ3v) is 3.88. The topological polar surface area (TPSA) is 0 Å². The maximum Gasteiger partial charge on any atom is 0.511 e. The van der Waals surface area contributed by atoms with E-state index >= 15 is 0 Å². The van der Waals surface area contributed by atoms with E-state index in [1.54, 1.807) is 6.92 Å². The highest BCUT2D eigenvalue weighted by Crippen LogP contribution is 2.28. The van der Waals surface area contributed by atoms with Crippen LogP contribution < -0.4 is 5.46 Å². The highest BCUT2D eigenvalue weighted by atomic mass is 79.9. The first-order valence-electron chi connectivity index (χ1n) is 3.29. The first kappa shape index (κ1) is 10.1. The third-order valence-electron chi connectivity index (χ3n) is 1.56. The monoisotopic (exact) mass is 257 g/mol. The predicted octanol–water partition coefficient (Wildman–Crippen LogP) is 3.18. The lowest BCUT2D eigenvalue weighted by molar-refractivity contribution is 0.500. The largest absolute Gasteiger partial charge is 0.511 e. The molecule has 1 aromatic heterocycles. The van der Waals surface area contributed by atoms with Gasteiger partial charge in [-0.15, -0.1) is 11.3 Å². The van der Waals surface area contributed by atoms with E-state index in [2.05, 4.69) is 15.9 Å². The summed E-state index contributed by atoms with van der Waals surface area (Å²) < 4.78 is 37.3. The molecule has 0 saturated heterocycles. The summed E-state index contributed by atoms with van der Waals surface area (Å²) in [5, 5.41) is 0. The summed E-state index contributed by atoms with van der Waals surface area (Å²) in [5.41, 5.74) is -0.475. The molecule has 0 nitrogen and oxygen atoms in total. The first-order valence-corrected chi connectivity index (χ1v) is 4.90.